The predicted molar refractivity (Wildman–Crippen MR) is 160 cm³/mol. The molecule has 0 saturated carbocycles. The first-order valence-electron chi connectivity index (χ1n) is 14.6. The topological polar surface area (TPSA) is 209 Å². The van der Waals surface area contributed by atoms with Crippen LogP contribution in [-0.2, 0) is 29.2 Å². The number of alkyl halides is 2. The number of halogens is 2. The Morgan fingerprint density at radius 2 is 1.78 bits per heavy atom. The van der Waals surface area contributed by atoms with Crippen LogP contribution in [0.5, 0.6) is 0 Å². The number of hydrogen-bond donors (Lipinski definition) is 6. The quantitative estimate of drug-likeness (QED) is 0.199. The van der Waals surface area contributed by atoms with Crippen molar-refractivity contribution in [2.75, 3.05) is 17.7 Å². The van der Waals surface area contributed by atoms with Crippen LogP contribution in [0.1, 0.15) is 56.6 Å². The van der Waals surface area contributed by atoms with Crippen LogP contribution < -0.4 is 10.6 Å². The number of carbonyl (C=O) groups excluding carboxylic acids is 1. The SMILES string of the molecule is CCCCC1(CC)CS(=O)(=O)c2ccccc2[C@@H](c2cccc(NC(=O)NC3OC(COS(=O)(=O)O)C(F)(F)C(O)C3O)c2)C1O. The minimum absolute atomic E-state index is 0.105. The number of anilines is 1. The smallest absolute Gasteiger partial charge is 0.392 e. The van der Waals surface area contributed by atoms with Gasteiger partial charge in [0, 0.05) is 17.0 Å². The number of amides is 2. The summed E-state index contributed by atoms with van der Waals surface area (Å²) in [6, 6.07) is 11.6. The number of benzene rings is 2. The number of sulfone groups is 1. The monoisotopic (exact) mass is 692 g/mol. The molecule has 1 fully saturated rings. The normalized spacial score (nSPS) is 30.5. The van der Waals surface area contributed by atoms with E-state index in [0.29, 0.717) is 30.4 Å². The Kier molecular flexibility index (Phi) is 10.8. The molecule has 0 radical (unpaired) electrons. The van der Waals surface area contributed by atoms with Crippen LogP contribution in [0.3, 0.4) is 0 Å². The van der Waals surface area contributed by atoms with Gasteiger partial charge in [-0.1, -0.05) is 57.0 Å². The predicted octanol–water partition coefficient (Wildman–Crippen LogP) is 2.58. The van der Waals surface area contributed by atoms with Gasteiger partial charge in [0.25, 0.3) is 0 Å². The molecule has 46 heavy (non-hydrogen) atoms. The van der Waals surface area contributed by atoms with E-state index in [-0.39, 0.29) is 16.3 Å². The Balaban J connectivity index is 1.61. The van der Waals surface area contributed by atoms with Gasteiger partial charge in [-0.3, -0.25) is 4.55 Å². The summed E-state index contributed by atoms with van der Waals surface area (Å²) in [5, 5.41) is 36.7. The number of rotatable bonds is 10. The summed E-state index contributed by atoms with van der Waals surface area (Å²) in [5.74, 6) is -5.27. The Morgan fingerprint density at radius 3 is 2.43 bits per heavy atom. The van der Waals surface area contributed by atoms with Gasteiger partial charge < -0.3 is 30.7 Å². The maximum atomic E-state index is 14.5. The Bertz CT molecular complexity index is 1630. The van der Waals surface area contributed by atoms with Crippen LogP contribution in [0.2, 0.25) is 0 Å². The molecule has 2 aromatic rings. The fourth-order valence-corrected chi connectivity index (χ4v) is 8.71. The third-order valence-electron chi connectivity index (χ3n) is 8.66. The van der Waals surface area contributed by atoms with Gasteiger partial charge in [0.1, 0.15) is 12.7 Å². The van der Waals surface area contributed by atoms with Crippen molar-refractivity contribution in [3.05, 3.63) is 59.7 Å². The highest BCUT2D eigenvalue weighted by molar-refractivity contribution is 7.91. The number of urea groups is 1. The molecular formula is C29H38F2N2O11S2. The highest BCUT2D eigenvalue weighted by atomic mass is 32.3. The lowest BCUT2D eigenvalue weighted by Crippen LogP contribution is -2.66. The molecule has 0 bridgehead atoms. The summed E-state index contributed by atoms with van der Waals surface area (Å²) in [7, 11) is -8.94. The van der Waals surface area contributed by atoms with E-state index in [4.69, 9.17) is 9.29 Å². The van der Waals surface area contributed by atoms with E-state index in [9.17, 15) is 45.7 Å². The fourth-order valence-electron chi connectivity index (χ4n) is 6.14. The zero-order valence-electron chi connectivity index (χ0n) is 25.0. The van der Waals surface area contributed by atoms with Crippen LogP contribution >= 0.6 is 0 Å². The molecule has 6 N–H and O–H groups in total. The lowest BCUT2D eigenvalue weighted by atomic mass is 9.69. The van der Waals surface area contributed by atoms with Crippen LogP contribution in [0, 0.1) is 5.41 Å². The molecule has 4 rings (SSSR count). The van der Waals surface area contributed by atoms with Crippen LogP contribution in [0.25, 0.3) is 0 Å². The van der Waals surface area contributed by atoms with Gasteiger partial charge in [0.05, 0.1) is 16.8 Å². The summed E-state index contributed by atoms with van der Waals surface area (Å²) < 4.78 is 95.5. The summed E-state index contributed by atoms with van der Waals surface area (Å²) in [6.07, 6.45) is -8.37. The van der Waals surface area contributed by atoms with Gasteiger partial charge >= 0.3 is 22.4 Å². The van der Waals surface area contributed by atoms with Gasteiger partial charge in [-0.25, -0.2) is 26.2 Å². The molecule has 2 aromatic carbocycles. The number of carbonyl (C=O) groups is 1. The largest absolute Gasteiger partial charge is 0.397 e. The van der Waals surface area contributed by atoms with E-state index in [2.05, 4.69) is 14.8 Å². The Morgan fingerprint density at radius 1 is 1.09 bits per heavy atom. The van der Waals surface area contributed by atoms with Crippen molar-refractivity contribution in [2.45, 2.75) is 86.9 Å². The number of aliphatic hydroxyl groups is 3. The molecular weight excluding hydrogens is 654 g/mol. The molecule has 17 heteroatoms. The average molecular weight is 693 g/mol. The summed E-state index contributed by atoms with van der Waals surface area (Å²) in [4.78, 5) is 13.0. The third kappa shape index (κ3) is 7.52. The highest BCUT2D eigenvalue weighted by Gasteiger charge is 2.58. The summed E-state index contributed by atoms with van der Waals surface area (Å²) in [5.41, 5.74) is 0.0578. The number of unbranched alkanes of at least 4 members (excludes halogenated alkanes) is 1. The summed E-state index contributed by atoms with van der Waals surface area (Å²) in [6.45, 7) is 2.39. The summed E-state index contributed by atoms with van der Waals surface area (Å²) >= 11 is 0. The number of hydrogen-bond acceptors (Lipinski definition) is 10. The van der Waals surface area contributed by atoms with Crippen molar-refractivity contribution in [2.24, 2.45) is 5.41 Å². The molecule has 2 heterocycles. The van der Waals surface area contributed by atoms with E-state index in [1.165, 1.54) is 18.2 Å². The standard InChI is InChI=1S/C29H38F2N2O11S2/c1-3-5-13-28(4-2)16-45(38,39)20-12-7-6-11-19(20)22(24(28)35)17-9-8-10-18(14-17)32-27(37)33-26-23(34)25(36)29(30,31)21(44-26)15-43-46(40,41)42/h6-12,14,21-26,34-36H,3-5,13,15-16H2,1-2H3,(H2,32,33,37)(H,40,41,42)/t21?,22-,23?,24?,25?,26?,28?/m1/s1. The van der Waals surface area contributed by atoms with Crippen LogP contribution in [0.4, 0.5) is 19.3 Å². The number of fused-ring (bicyclic) bond motifs is 1. The van der Waals surface area contributed by atoms with Crippen molar-refractivity contribution in [1.82, 2.24) is 5.32 Å². The zero-order valence-corrected chi connectivity index (χ0v) is 26.7. The fraction of sp³-hybridized carbons (Fsp3) is 0.552. The maximum absolute atomic E-state index is 14.5. The minimum atomic E-state index is -5.15. The van der Waals surface area contributed by atoms with E-state index in [0.717, 1.165) is 6.42 Å². The van der Waals surface area contributed by atoms with Crippen LogP contribution in [0.15, 0.2) is 53.4 Å². The molecule has 6 unspecified atom stereocenters. The maximum Gasteiger partial charge on any atom is 0.397 e. The molecule has 0 aliphatic carbocycles. The van der Waals surface area contributed by atoms with Crippen molar-refractivity contribution < 1.29 is 59.2 Å². The van der Waals surface area contributed by atoms with Gasteiger partial charge in [0.15, 0.2) is 28.3 Å². The van der Waals surface area contributed by atoms with Gasteiger partial charge in [0.2, 0.25) is 0 Å². The van der Waals surface area contributed by atoms with E-state index in [1.807, 2.05) is 13.8 Å². The zero-order chi connectivity index (χ0) is 34.1. The second-order valence-corrected chi connectivity index (χ2v) is 14.7. The molecule has 7 atom stereocenters. The third-order valence-corrected chi connectivity index (χ3v) is 11.1. The Labute approximate surface area is 265 Å². The first-order chi connectivity index (χ1) is 21.5. The van der Waals surface area contributed by atoms with Gasteiger partial charge in [-0.05, 0) is 42.2 Å². The minimum Gasteiger partial charge on any atom is -0.392 e. The van der Waals surface area contributed by atoms with Crippen molar-refractivity contribution in [3.8, 4) is 0 Å². The lowest BCUT2D eigenvalue weighted by Gasteiger charge is -2.42. The molecule has 1 saturated heterocycles. The second-order valence-electron chi connectivity index (χ2n) is 11.6. The number of ether oxygens (including phenoxy) is 1. The number of aliphatic hydroxyl groups excluding tert-OH is 3. The Hall–Kier alpha value is -2.77. The van der Waals surface area contributed by atoms with Crippen molar-refractivity contribution in [1.29, 1.82) is 0 Å². The highest BCUT2D eigenvalue weighted by Crippen LogP contribution is 2.49. The van der Waals surface area contributed by atoms with E-state index >= 15 is 0 Å². The van der Waals surface area contributed by atoms with Crippen molar-refractivity contribution in [3.63, 3.8) is 0 Å². The molecule has 2 aliphatic rings. The van der Waals surface area contributed by atoms with Crippen molar-refractivity contribution >= 4 is 32.0 Å². The molecule has 13 nitrogen and oxygen atoms in total. The molecule has 256 valence electrons. The number of nitrogens with one attached hydrogen (secondary N) is 2. The molecule has 2 amide bonds. The molecule has 2 aliphatic heterocycles. The van der Waals surface area contributed by atoms with E-state index in [1.54, 1.807) is 30.3 Å². The first kappa shape index (κ1) is 36.1. The van der Waals surface area contributed by atoms with Crippen LogP contribution in [-0.4, -0.2) is 91.7 Å². The first-order valence-corrected chi connectivity index (χ1v) is 17.7. The molecule has 0 aromatic heterocycles. The molecule has 0 spiro atoms. The average Bonchev–Trinajstić information content (AvgIpc) is 3.06. The van der Waals surface area contributed by atoms with Gasteiger partial charge in [-0.2, -0.15) is 8.42 Å². The van der Waals surface area contributed by atoms with Gasteiger partial charge in [-0.15, -0.1) is 0 Å². The lowest BCUT2D eigenvalue weighted by molar-refractivity contribution is -0.295. The van der Waals surface area contributed by atoms with E-state index < -0.39 is 80.8 Å². The second kappa shape index (κ2) is 13.8.